The highest BCUT2D eigenvalue weighted by atomic mass is 32.2. The lowest BCUT2D eigenvalue weighted by Crippen LogP contribution is -2.39. The number of nitrogens with zero attached hydrogens (tertiary/aromatic N) is 2. The summed E-state index contributed by atoms with van der Waals surface area (Å²) in [5.41, 5.74) is 1.57. The Labute approximate surface area is 228 Å². The first-order valence-corrected chi connectivity index (χ1v) is 15.8. The van der Waals surface area contributed by atoms with Crippen LogP contribution >= 0.6 is 0 Å². The third-order valence-electron chi connectivity index (χ3n) is 5.65. The molecule has 0 saturated carbocycles. The van der Waals surface area contributed by atoms with E-state index in [1.54, 1.807) is 60.9 Å². The average Bonchev–Trinajstić information content (AvgIpc) is 3.23. The number of esters is 1. The predicted octanol–water partition coefficient (Wildman–Crippen LogP) is 3.14. The van der Waals surface area contributed by atoms with Gasteiger partial charge in [0.2, 0.25) is 0 Å². The van der Waals surface area contributed by atoms with Crippen LogP contribution in [0.1, 0.15) is 49.1 Å². The molecule has 210 valence electrons. The van der Waals surface area contributed by atoms with Crippen LogP contribution in [0.3, 0.4) is 0 Å². The molecule has 0 radical (unpaired) electrons. The zero-order chi connectivity index (χ0) is 28.8. The standard InChI is InChI=1S/C26H32N4O7S2/c1-5-10-22-28-24(38(4,33)34)23(25(31)37-7-3)30(22)17-18-13-15-19(16-14-18)20-11-8-9-12-21(20)39(35,36)29-26(32)27-6-2/h8-9,11-16H,5-7,10,17H2,1-4H3,(H2,27,29,32). The Morgan fingerprint density at radius 2 is 1.64 bits per heavy atom. The second-order valence-corrected chi connectivity index (χ2v) is 12.3. The summed E-state index contributed by atoms with van der Waals surface area (Å²) in [7, 11) is -7.95. The van der Waals surface area contributed by atoms with Crippen molar-refractivity contribution in [1.29, 1.82) is 0 Å². The number of hydrogen-bond donors (Lipinski definition) is 2. The molecule has 1 aromatic heterocycles. The Hall–Kier alpha value is -3.71. The Morgan fingerprint density at radius 3 is 2.23 bits per heavy atom. The third-order valence-corrected chi connectivity index (χ3v) is 8.03. The van der Waals surface area contributed by atoms with Crippen LogP contribution in [0.2, 0.25) is 0 Å². The smallest absolute Gasteiger partial charge is 0.358 e. The molecule has 0 aliphatic rings. The van der Waals surface area contributed by atoms with Crippen molar-refractivity contribution in [2.45, 2.75) is 50.1 Å². The molecule has 3 aromatic rings. The molecule has 0 spiro atoms. The molecule has 3 rings (SSSR count). The van der Waals surface area contributed by atoms with Crippen molar-refractivity contribution < 1.29 is 31.2 Å². The fraction of sp³-hybridized carbons (Fsp3) is 0.346. The van der Waals surface area contributed by atoms with E-state index in [-0.39, 0.29) is 35.3 Å². The van der Waals surface area contributed by atoms with Gasteiger partial charge < -0.3 is 14.6 Å². The zero-order valence-electron chi connectivity index (χ0n) is 22.2. The monoisotopic (exact) mass is 576 g/mol. The van der Waals surface area contributed by atoms with Crippen LogP contribution in [-0.2, 0) is 37.6 Å². The van der Waals surface area contributed by atoms with E-state index < -0.39 is 31.9 Å². The minimum absolute atomic E-state index is 0.0637. The summed E-state index contributed by atoms with van der Waals surface area (Å²) in [5, 5.41) is 2.08. The molecule has 2 aromatic carbocycles. The molecule has 0 aliphatic heterocycles. The highest BCUT2D eigenvalue weighted by Crippen LogP contribution is 2.28. The first kappa shape index (κ1) is 29.8. The fourth-order valence-electron chi connectivity index (χ4n) is 4.00. The molecule has 0 bridgehead atoms. The molecule has 2 amide bonds. The SMILES string of the molecule is CCCc1nc(S(C)(=O)=O)c(C(=O)OCC)n1Cc1ccc(-c2ccccc2S(=O)(=O)NC(=O)NCC)cc1. The molecular formula is C26H32N4O7S2. The zero-order valence-corrected chi connectivity index (χ0v) is 23.9. The summed E-state index contributed by atoms with van der Waals surface area (Å²) in [4.78, 5) is 28.9. The van der Waals surface area contributed by atoms with Gasteiger partial charge in [-0.05, 0) is 37.5 Å². The number of amides is 2. The topological polar surface area (TPSA) is 154 Å². The lowest BCUT2D eigenvalue weighted by Gasteiger charge is -2.14. The number of aryl methyl sites for hydroxylation is 1. The number of benzene rings is 2. The largest absolute Gasteiger partial charge is 0.461 e. The minimum Gasteiger partial charge on any atom is -0.461 e. The summed E-state index contributed by atoms with van der Waals surface area (Å²) in [6.07, 6.45) is 2.12. The lowest BCUT2D eigenvalue weighted by atomic mass is 10.0. The van der Waals surface area contributed by atoms with E-state index in [0.29, 0.717) is 29.8 Å². The van der Waals surface area contributed by atoms with Crippen LogP contribution in [0.25, 0.3) is 11.1 Å². The number of rotatable bonds is 11. The van der Waals surface area contributed by atoms with Crippen LogP contribution < -0.4 is 10.0 Å². The molecule has 39 heavy (non-hydrogen) atoms. The van der Waals surface area contributed by atoms with Crippen molar-refractivity contribution in [3.63, 3.8) is 0 Å². The summed E-state index contributed by atoms with van der Waals surface area (Å²) in [5.74, 6) is -0.332. The predicted molar refractivity (Wildman–Crippen MR) is 146 cm³/mol. The van der Waals surface area contributed by atoms with E-state index in [0.717, 1.165) is 11.8 Å². The van der Waals surface area contributed by atoms with E-state index in [1.165, 1.54) is 6.07 Å². The van der Waals surface area contributed by atoms with Gasteiger partial charge in [-0.1, -0.05) is 49.4 Å². The number of hydrogen-bond acceptors (Lipinski definition) is 8. The maximum Gasteiger partial charge on any atom is 0.358 e. The van der Waals surface area contributed by atoms with Gasteiger partial charge in [0, 0.05) is 31.3 Å². The maximum atomic E-state index is 12.9. The second-order valence-electron chi connectivity index (χ2n) is 8.67. The van der Waals surface area contributed by atoms with E-state index in [4.69, 9.17) is 4.74 Å². The normalized spacial score (nSPS) is 11.7. The molecule has 0 aliphatic carbocycles. The van der Waals surface area contributed by atoms with Crippen molar-refractivity contribution in [3.05, 3.63) is 65.6 Å². The van der Waals surface area contributed by atoms with Gasteiger partial charge in [-0.25, -0.2) is 36.1 Å². The van der Waals surface area contributed by atoms with E-state index in [9.17, 15) is 26.4 Å². The molecule has 13 heteroatoms. The number of sulfonamides is 1. The number of carbonyl (C=O) groups excluding carboxylic acids is 2. The highest BCUT2D eigenvalue weighted by Gasteiger charge is 2.29. The van der Waals surface area contributed by atoms with Crippen molar-refractivity contribution >= 4 is 31.9 Å². The molecule has 0 atom stereocenters. The molecule has 1 heterocycles. The third kappa shape index (κ3) is 7.03. The number of carbonyl (C=O) groups is 2. The molecule has 0 unspecified atom stereocenters. The van der Waals surface area contributed by atoms with Crippen molar-refractivity contribution in [2.24, 2.45) is 0 Å². The number of imidazole rings is 1. The molecular weight excluding hydrogens is 544 g/mol. The van der Waals surface area contributed by atoms with E-state index >= 15 is 0 Å². The molecule has 11 nitrogen and oxygen atoms in total. The number of aromatic nitrogens is 2. The van der Waals surface area contributed by atoms with Gasteiger partial charge >= 0.3 is 12.0 Å². The Kier molecular flexibility index (Phi) is 9.51. The van der Waals surface area contributed by atoms with Gasteiger partial charge in [0.15, 0.2) is 20.6 Å². The number of nitrogens with one attached hydrogen (secondary N) is 2. The van der Waals surface area contributed by atoms with Gasteiger partial charge in [-0.15, -0.1) is 0 Å². The van der Waals surface area contributed by atoms with Crippen LogP contribution in [0.5, 0.6) is 0 Å². The first-order chi connectivity index (χ1) is 18.4. The molecule has 0 saturated heterocycles. The van der Waals surface area contributed by atoms with Gasteiger partial charge in [0.1, 0.15) is 5.82 Å². The summed E-state index contributed by atoms with van der Waals surface area (Å²) in [6, 6.07) is 12.4. The van der Waals surface area contributed by atoms with Gasteiger partial charge in [0.25, 0.3) is 10.0 Å². The maximum absolute atomic E-state index is 12.9. The van der Waals surface area contributed by atoms with Crippen LogP contribution in [0.4, 0.5) is 4.79 Å². The number of sulfone groups is 1. The Bertz CT molecular complexity index is 1560. The summed E-state index contributed by atoms with van der Waals surface area (Å²) < 4.78 is 59.3. The lowest BCUT2D eigenvalue weighted by molar-refractivity contribution is 0.0508. The fourth-order valence-corrected chi connectivity index (χ4v) is 5.98. The van der Waals surface area contributed by atoms with Gasteiger partial charge in [-0.2, -0.15) is 0 Å². The minimum atomic E-state index is -4.15. The Morgan fingerprint density at radius 1 is 0.974 bits per heavy atom. The van der Waals surface area contributed by atoms with E-state index in [1.807, 2.05) is 11.6 Å². The summed E-state index contributed by atoms with van der Waals surface area (Å²) in [6.45, 7) is 5.71. The average molecular weight is 577 g/mol. The van der Waals surface area contributed by atoms with Gasteiger partial charge in [-0.3, -0.25) is 0 Å². The number of ether oxygens (including phenoxy) is 1. The highest BCUT2D eigenvalue weighted by molar-refractivity contribution is 7.90. The molecule has 0 fully saturated rings. The van der Waals surface area contributed by atoms with Crippen molar-refractivity contribution in [1.82, 2.24) is 19.6 Å². The second kappa shape index (κ2) is 12.4. The Balaban J connectivity index is 2.02. The molecule has 2 N–H and O–H groups in total. The van der Waals surface area contributed by atoms with Gasteiger partial charge in [0.05, 0.1) is 11.5 Å². The van der Waals surface area contributed by atoms with Crippen molar-refractivity contribution in [2.75, 3.05) is 19.4 Å². The summed E-state index contributed by atoms with van der Waals surface area (Å²) >= 11 is 0. The van der Waals surface area contributed by atoms with Crippen LogP contribution in [-0.4, -0.2) is 57.8 Å². The van der Waals surface area contributed by atoms with Crippen molar-refractivity contribution in [3.8, 4) is 11.1 Å². The quantitative estimate of drug-likeness (QED) is 0.330. The van der Waals surface area contributed by atoms with E-state index in [2.05, 4.69) is 10.3 Å². The van der Waals surface area contributed by atoms with Crippen LogP contribution in [0.15, 0.2) is 58.5 Å². The first-order valence-electron chi connectivity index (χ1n) is 12.4. The number of urea groups is 1. The van der Waals surface area contributed by atoms with Crippen LogP contribution in [0, 0.1) is 0 Å².